The molecule has 1 N–H and O–H groups in total. The summed E-state index contributed by atoms with van der Waals surface area (Å²) in [6.07, 6.45) is 6.72. The van der Waals surface area contributed by atoms with Gasteiger partial charge in [0.05, 0.1) is 0 Å². The molecule has 1 atom stereocenters. The Kier molecular flexibility index (Phi) is 4.27. The van der Waals surface area contributed by atoms with Crippen LogP contribution in [0.4, 0.5) is 0 Å². The number of carbonyl (C=O) groups excluding carboxylic acids is 1. The Bertz CT molecular complexity index is 830. The molecule has 1 aliphatic carbocycles. The van der Waals surface area contributed by atoms with Crippen molar-refractivity contribution in [3.8, 4) is 0 Å². The van der Waals surface area contributed by atoms with Gasteiger partial charge >= 0.3 is 0 Å². The standard InChI is InChI=1S/C22H28N4O/c27-21(20-18-8-4-5-9-19(18)23-24-20)26-13-11-22(16-26)10-12-25(15-22)14-17-6-2-1-3-7-17/h1-3,6-7H,4-5,8-16H2,(H,23,24). The smallest absolute Gasteiger partial charge is 0.274 e. The number of aromatic amines is 1. The van der Waals surface area contributed by atoms with Crippen molar-refractivity contribution in [2.24, 2.45) is 5.41 Å². The largest absolute Gasteiger partial charge is 0.337 e. The van der Waals surface area contributed by atoms with Crippen LogP contribution in [0.2, 0.25) is 0 Å². The molecule has 27 heavy (non-hydrogen) atoms. The summed E-state index contributed by atoms with van der Waals surface area (Å²) in [6.45, 7) is 5.01. The van der Waals surface area contributed by atoms with Crippen LogP contribution >= 0.6 is 0 Å². The first-order valence-electron chi connectivity index (χ1n) is 10.3. The van der Waals surface area contributed by atoms with Crippen molar-refractivity contribution in [2.75, 3.05) is 26.2 Å². The molecule has 1 spiro atoms. The van der Waals surface area contributed by atoms with E-state index in [9.17, 15) is 4.79 Å². The van der Waals surface area contributed by atoms with Gasteiger partial charge in [0.2, 0.25) is 0 Å². The molecule has 0 radical (unpaired) electrons. The molecule has 1 unspecified atom stereocenters. The minimum Gasteiger partial charge on any atom is -0.337 e. The molecule has 5 nitrogen and oxygen atoms in total. The predicted molar refractivity (Wildman–Crippen MR) is 105 cm³/mol. The SMILES string of the molecule is O=C(c1n[nH]c2c1CCCC2)N1CCC2(CCN(Cc3ccccc3)C2)C1. The Labute approximate surface area is 160 Å². The van der Waals surface area contributed by atoms with Crippen LogP contribution in [0.15, 0.2) is 30.3 Å². The van der Waals surface area contributed by atoms with Crippen LogP contribution in [0, 0.1) is 5.41 Å². The van der Waals surface area contributed by atoms with Gasteiger partial charge in [0, 0.05) is 42.9 Å². The van der Waals surface area contributed by atoms with Gasteiger partial charge in [-0.2, -0.15) is 5.10 Å². The van der Waals surface area contributed by atoms with E-state index in [1.807, 2.05) is 0 Å². The molecule has 1 aromatic carbocycles. The zero-order valence-corrected chi connectivity index (χ0v) is 15.9. The number of rotatable bonds is 3. The van der Waals surface area contributed by atoms with Crippen molar-refractivity contribution in [1.82, 2.24) is 20.0 Å². The van der Waals surface area contributed by atoms with E-state index in [1.165, 1.54) is 36.1 Å². The fourth-order valence-corrected chi connectivity index (χ4v) is 5.25. The molecule has 2 aliphatic heterocycles. The topological polar surface area (TPSA) is 52.2 Å². The molecule has 2 fully saturated rings. The summed E-state index contributed by atoms with van der Waals surface area (Å²) in [5.74, 6) is 0.146. The minimum atomic E-state index is 0.146. The van der Waals surface area contributed by atoms with Crippen molar-refractivity contribution in [1.29, 1.82) is 0 Å². The number of carbonyl (C=O) groups is 1. The van der Waals surface area contributed by atoms with Gasteiger partial charge < -0.3 is 4.90 Å². The third kappa shape index (κ3) is 3.18. The maximum atomic E-state index is 13.1. The molecule has 1 aromatic heterocycles. The van der Waals surface area contributed by atoms with Gasteiger partial charge in [0.15, 0.2) is 5.69 Å². The number of nitrogens with zero attached hydrogens (tertiary/aromatic N) is 3. The highest BCUT2D eigenvalue weighted by molar-refractivity contribution is 5.94. The predicted octanol–water partition coefficient (Wildman–Crippen LogP) is 3.03. The number of aryl methyl sites for hydroxylation is 1. The molecular formula is C22H28N4O. The average molecular weight is 364 g/mol. The van der Waals surface area contributed by atoms with Crippen molar-refractivity contribution in [3.63, 3.8) is 0 Å². The van der Waals surface area contributed by atoms with Crippen molar-refractivity contribution in [3.05, 3.63) is 52.8 Å². The van der Waals surface area contributed by atoms with Gasteiger partial charge in [-0.05, 0) is 50.6 Å². The molecule has 3 heterocycles. The lowest BCUT2D eigenvalue weighted by atomic mass is 9.86. The molecular weight excluding hydrogens is 336 g/mol. The second kappa shape index (κ2) is 6.79. The number of H-pyrrole nitrogens is 1. The highest BCUT2D eigenvalue weighted by Gasteiger charge is 2.45. The number of nitrogens with one attached hydrogen (secondary N) is 1. The summed E-state index contributed by atoms with van der Waals surface area (Å²) in [6, 6.07) is 10.7. The van der Waals surface area contributed by atoms with Gasteiger partial charge in [0.1, 0.15) is 0 Å². The second-order valence-electron chi connectivity index (χ2n) is 8.66. The number of likely N-dealkylation sites (tertiary alicyclic amines) is 2. The molecule has 2 saturated heterocycles. The number of benzene rings is 1. The van der Waals surface area contributed by atoms with Crippen LogP contribution in [-0.4, -0.2) is 52.1 Å². The summed E-state index contributed by atoms with van der Waals surface area (Å²) >= 11 is 0. The number of aromatic nitrogens is 2. The van der Waals surface area contributed by atoms with Crippen LogP contribution in [0.25, 0.3) is 0 Å². The van der Waals surface area contributed by atoms with Gasteiger partial charge in [-0.1, -0.05) is 30.3 Å². The molecule has 142 valence electrons. The van der Waals surface area contributed by atoms with E-state index in [4.69, 9.17) is 0 Å². The Morgan fingerprint density at radius 1 is 1.07 bits per heavy atom. The van der Waals surface area contributed by atoms with E-state index < -0.39 is 0 Å². The molecule has 5 rings (SSSR count). The summed E-state index contributed by atoms with van der Waals surface area (Å²) in [7, 11) is 0. The minimum absolute atomic E-state index is 0.146. The molecule has 1 amide bonds. The summed E-state index contributed by atoms with van der Waals surface area (Å²) < 4.78 is 0. The molecule has 0 saturated carbocycles. The molecule has 5 heteroatoms. The lowest BCUT2D eigenvalue weighted by Crippen LogP contribution is -2.34. The fraction of sp³-hybridized carbons (Fsp3) is 0.545. The lowest BCUT2D eigenvalue weighted by Gasteiger charge is -2.25. The maximum absolute atomic E-state index is 13.1. The van der Waals surface area contributed by atoms with E-state index in [-0.39, 0.29) is 11.3 Å². The Morgan fingerprint density at radius 3 is 2.78 bits per heavy atom. The summed E-state index contributed by atoms with van der Waals surface area (Å²) in [4.78, 5) is 17.7. The monoisotopic (exact) mass is 364 g/mol. The highest BCUT2D eigenvalue weighted by atomic mass is 16.2. The Balaban J connectivity index is 1.25. The van der Waals surface area contributed by atoms with Crippen LogP contribution < -0.4 is 0 Å². The van der Waals surface area contributed by atoms with E-state index in [2.05, 4.69) is 50.3 Å². The number of fused-ring (bicyclic) bond motifs is 1. The molecule has 0 bridgehead atoms. The van der Waals surface area contributed by atoms with Crippen molar-refractivity contribution >= 4 is 5.91 Å². The fourth-order valence-electron chi connectivity index (χ4n) is 5.25. The van der Waals surface area contributed by atoms with Gasteiger partial charge in [-0.3, -0.25) is 14.8 Å². The first kappa shape index (κ1) is 17.0. The van der Waals surface area contributed by atoms with Gasteiger partial charge in [-0.15, -0.1) is 0 Å². The van der Waals surface area contributed by atoms with Crippen molar-refractivity contribution in [2.45, 2.75) is 45.1 Å². The van der Waals surface area contributed by atoms with Gasteiger partial charge in [-0.25, -0.2) is 0 Å². The quantitative estimate of drug-likeness (QED) is 0.911. The number of hydrogen-bond donors (Lipinski definition) is 1. The average Bonchev–Trinajstić information content (AvgIpc) is 3.42. The number of hydrogen-bond acceptors (Lipinski definition) is 3. The van der Waals surface area contributed by atoms with E-state index >= 15 is 0 Å². The molecule has 3 aliphatic rings. The third-order valence-corrected chi connectivity index (χ3v) is 6.75. The number of amides is 1. The first-order valence-corrected chi connectivity index (χ1v) is 10.3. The van der Waals surface area contributed by atoms with Crippen LogP contribution in [0.3, 0.4) is 0 Å². The Hall–Kier alpha value is -2.14. The molecule has 2 aromatic rings. The summed E-state index contributed by atoms with van der Waals surface area (Å²) in [5.41, 5.74) is 4.73. The van der Waals surface area contributed by atoms with Crippen molar-refractivity contribution < 1.29 is 4.79 Å². The van der Waals surface area contributed by atoms with Gasteiger partial charge in [0.25, 0.3) is 5.91 Å². The Morgan fingerprint density at radius 2 is 1.89 bits per heavy atom. The summed E-state index contributed by atoms with van der Waals surface area (Å²) in [5, 5.41) is 7.52. The van der Waals surface area contributed by atoms with E-state index in [0.717, 1.165) is 52.0 Å². The maximum Gasteiger partial charge on any atom is 0.274 e. The second-order valence-corrected chi connectivity index (χ2v) is 8.66. The highest BCUT2D eigenvalue weighted by Crippen LogP contribution is 2.40. The van der Waals surface area contributed by atoms with E-state index in [0.29, 0.717) is 5.69 Å². The zero-order chi connectivity index (χ0) is 18.3. The van der Waals surface area contributed by atoms with Crippen LogP contribution in [-0.2, 0) is 19.4 Å². The van der Waals surface area contributed by atoms with Crippen LogP contribution in [0.5, 0.6) is 0 Å². The third-order valence-electron chi connectivity index (χ3n) is 6.75. The lowest BCUT2D eigenvalue weighted by molar-refractivity contribution is 0.0766. The normalized spacial score (nSPS) is 25.3. The van der Waals surface area contributed by atoms with Crippen LogP contribution in [0.1, 0.15) is 53.0 Å². The van der Waals surface area contributed by atoms with E-state index in [1.54, 1.807) is 0 Å². The first-order chi connectivity index (χ1) is 13.2. The zero-order valence-electron chi connectivity index (χ0n) is 15.9.